The van der Waals surface area contributed by atoms with E-state index in [-0.39, 0.29) is 24.9 Å². The van der Waals surface area contributed by atoms with Crippen molar-refractivity contribution >= 4 is 56.1 Å². The van der Waals surface area contributed by atoms with Gasteiger partial charge in [0.1, 0.15) is 17.5 Å². The number of hydrogen-bond donors (Lipinski definition) is 2. The quantitative estimate of drug-likeness (QED) is 0.269. The number of carbonyl (C=O) groups is 2. The highest BCUT2D eigenvalue weighted by Crippen LogP contribution is 2.34. The fourth-order valence-electron chi connectivity index (χ4n) is 5.07. The van der Waals surface area contributed by atoms with Crippen LogP contribution in [0.2, 0.25) is 5.02 Å². The second kappa shape index (κ2) is 12.4. The lowest BCUT2D eigenvalue weighted by atomic mass is 9.93. The second-order valence-electron chi connectivity index (χ2n) is 9.59. The maximum absolute atomic E-state index is 14.7. The maximum Gasteiger partial charge on any atom is 0.303 e. The lowest BCUT2D eigenvalue weighted by molar-refractivity contribution is -0.137. The number of carboxylic acids is 1. The first-order valence-corrected chi connectivity index (χ1v) is 13.8. The minimum absolute atomic E-state index is 0.0314. The second-order valence-corrected chi connectivity index (χ2v) is 10.9. The monoisotopic (exact) mass is 607 g/mol. The topological polar surface area (TPSA) is 82.5 Å². The molecule has 1 aliphatic heterocycles. The zero-order chi connectivity index (χ0) is 27.4. The van der Waals surface area contributed by atoms with Gasteiger partial charge in [-0.1, -0.05) is 40.4 Å². The van der Waals surface area contributed by atoms with Crippen molar-refractivity contribution in [3.05, 3.63) is 68.2 Å². The summed E-state index contributed by atoms with van der Waals surface area (Å²) < 4.78 is 29.7. The molecule has 38 heavy (non-hydrogen) atoms. The minimum atomic E-state index is -1.09. The van der Waals surface area contributed by atoms with E-state index in [2.05, 4.69) is 26.1 Å². The van der Waals surface area contributed by atoms with Gasteiger partial charge in [0.05, 0.1) is 16.1 Å². The van der Waals surface area contributed by atoms with Gasteiger partial charge in [-0.05, 0) is 56.5 Å². The van der Waals surface area contributed by atoms with Gasteiger partial charge in [0.2, 0.25) is 0 Å². The van der Waals surface area contributed by atoms with Gasteiger partial charge in [-0.15, -0.1) is 0 Å². The Morgan fingerprint density at radius 2 is 1.82 bits per heavy atom. The molecule has 2 heterocycles. The fourth-order valence-corrected chi connectivity index (χ4v) is 5.74. The molecule has 1 fully saturated rings. The van der Waals surface area contributed by atoms with Gasteiger partial charge in [-0.25, -0.2) is 13.8 Å². The molecule has 2 N–H and O–H groups in total. The molecule has 0 saturated carbocycles. The Balaban J connectivity index is 1.71. The molecule has 1 aromatic heterocycles. The Labute approximate surface area is 233 Å². The number of fused-ring (bicyclic) bond motifs is 1. The molecular weight excluding hydrogens is 580 g/mol. The normalized spacial score (nSPS) is 14.8. The van der Waals surface area contributed by atoms with Crippen LogP contribution >= 0.6 is 27.5 Å². The van der Waals surface area contributed by atoms with E-state index < -0.39 is 34.5 Å². The largest absolute Gasteiger partial charge is 0.481 e. The van der Waals surface area contributed by atoms with Crippen LogP contribution < -0.4 is 10.2 Å². The number of rotatable bonds is 8. The highest BCUT2D eigenvalue weighted by molar-refractivity contribution is 9.10. The number of aliphatic carboxylic acids is 1. The molecule has 6 nitrogen and oxygen atoms in total. The third kappa shape index (κ3) is 6.26. The van der Waals surface area contributed by atoms with Crippen molar-refractivity contribution in [2.45, 2.75) is 51.4 Å². The molecule has 10 heteroatoms. The van der Waals surface area contributed by atoms with Crippen molar-refractivity contribution in [2.24, 2.45) is 0 Å². The molecule has 202 valence electrons. The Morgan fingerprint density at radius 3 is 2.50 bits per heavy atom. The van der Waals surface area contributed by atoms with Crippen LogP contribution in [0.1, 0.15) is 65.9 Å². The molecule has 0 bridgehead atoms. The van der Waals surface area contributed by atoms with Crippen molar-refractivity contribution in [2.75, 3.05) is 24.5 Å². The van der Waals surface area contributed by atoms with E-state index in [1.54, 1.807) is 0 Å². The molecule has 0 radical (unpaired) electrons. The van der Waals surface area contributed by atoms with Crippen LogP contribution in [-0.4, -0.2) is 41.6 Å². The van der Waals surface area contributed by atoms with Gasteiger partial charge < -0.3 is 15.3 Å². The van der Waals surface area contributed by atoms with Crippen molar-refractivity contribution in [1.29, 1.82) is 0 Å². The van der Waals surface area contributed by atoms with Crippen LogP contribution in [0.5, 0.6) is 0 Å². The van der Waals surface area contributed by atoms with Crippen LogP contribution in [0.4, 0.5) is 14.6 Å². The Kier molecular flexibility index (Phi) is 9.20. The first-order chi connectivity index (χ1) is 18.2. The van der Waals surface area contributed by atoms with E-state index in [0.717, 1.165) is 66.8 Å². The van der Waals surface area contributed by atoms with Crippen LogP contribution in [0.25, 0.3) is 10.9 Å². The Hall–Kier alpha value is -2.78. The molecule has 0 spiro atoms. The number of halogens is 4. The van der Waals surface area contributed by atoms with Crippen molar-refractivity contribution < 1.29 is 23.5 Å². The fraction of sp³-hybridized carbons (Fsp3) is 0.393. The van der Waals surface area contributed by atoms with Gasteiger partial charge in [-0.3, -0.25) is 9.59 Å². The minimum Gasteiger partial charge on any atom is -0.481 e. The van der Waals surface area contributed by atoms with E-state index in [1.807, 2.05) is 25.1 Å². The summed E-state index contributed by atoms with van der Waals surface area (Å²) in [7, 11) is 0. The zero-order valence-corrected chi connectivity index (χ0v) is 23.3. The number of carboxylic acid groups (broad SMARTS) is 1. The number of nitrogens with one attached hydrogen (secondary N) is 1. The van der Waals surface area contributed by atoms with Gasteiger partial charge in [0.15, 0.2) is 0 Å². The summed E-state index contributed by atoms with van der Waals surface area (Å²) in [6.45, 7) is 3.45. The number of aromatic nitrogens is 1. The molecule has 0 aliphatic carbocycles. The first-order valence-electron chi connectivity index (χ1n) is 12.7. The number of amides is 1. The summed E-state index contributed by atoms with van der Waals surface area (Å²) in [5.74, 6) is -3.14. The number of anilines is 1. The zero-order valence-electron chi connectivity index (χ0n) is 21.0. The predicted octanol–water partition coefficient (Wildman–Crippen LogP) is 7.00. The Bertz CT molecular complexity index is 1360. The summed E-state index contributed by atoms with van der Waals surface area (Å²) in [5.41, 5.74) is 1.70. The van der Waals surface area contributed by atoms with Crippen LogP contribution in [0.15, 0.2) is 34.8 Å². The van der Waals surface area contributed by atoms with Crippen LogP contribution in [0.3, 0.4) is 0 Å². The average molecular weight is 609 g/mol. The SMILES string of the molecule is Cc1c(N2CCCCCC2)nc2ccc(Br)cc2c1C(=O)NC[C@@H](CCC(=O)O)c1c(F)ccc(F)c1Cl. The molecule has 0 unspecified atom stereocenters. The van der Waals surface area contributed by atoms with E-state index in [9.17, 15) is 23.5 Å². The van der Waals surface area contributed by atoms with Crippen LogP contribution in [-0.2, 0) is 4.79 Å². The van der Waals surface area contributed by atoms with E-state index in [1.165, 1.54) is 0 Å². The third-order valence-corrected chi connectivity index (χ3v) is 7.88. The summed E-state index contributed by atoms with van der Waals surface area (Å²) in [5, 5.41) is 12.3. The lowest BCUT2D eigenvalue weighted by Gasteiger charge is -2.26. The summed E-state index contributed by atoms with van der Waals surface area (Å²) in [4.78, 5) is 32.1. The van der Waals surface area contributed by atoms with Gasteiger partial charge in [0, 0.05) is 53.0 Å². The molecule has 4 rings (SSSR count). The number of pyridine rings is 1. The van der Waals surface area contributed by atoms with E-state index >= 15 is 0 Å². The van der Waals surface area contributed by atoms with Crippen molar-refractivity contribution in [3.63, 3.8) is 0 Å². The molecule has 2 aromatic carbocycles. The molecule has 1 saturated heterocycles. The van der Waals surface area contributed by atoms with Gasteiger partial charge in [0.25, 0.3) is 5.91 Å². The number of nitrogens with zero attached hydrogens (tertiary/aromatic N) is 2. The van der Waals surface area contributed by atoms with E-state index in [4.69, 9.17) is 16.6 Å². The maximum atomic E-state index is 14.7. The summed E-state index contributed by atoms with van der Waals surface area (Å²) in [6.07, 6.45) is 4.08. The summed E-state index contributed by atoms with van der Waals surface area (Å²) in [6, 6.07) is 7.44. The molecular formula is C28H29BrClF2N3O3. The smallest absolute Gasteiger partial charge is 0.303 e. The number of benzene rings is 2. The third-order valence-electron chi connectivity index (χ3n) is 7.00. The first kappa shape index (κ1) is 28.2. The van der Waals surface area contributed by atoms with Crippen molar-refractivity contribution in [3.8, 4) is 0 Å². The van der Waals surface area contributed by atoms with E-state index in [0.29, 0.717) is 16.5 Å². The molecule has 1 atom stereocenters. The molecule has 1 aliphatic rings. The number of carbonyl (C=O) groups excluding carboxylic acids is 1. The number of hydrogen-bond acceptors (Lipinski definition) is 4. The average Bonchev–Trinajstić information content (AvgIpc) is 3.16. The highest BCUT2D eigenvalue weighted by Gasteiger charge is 2.26. The van der Waals surface area contributed by atoms with Crippen molar-refractivity contribution in [1.82, 2.24) is 10.3 Å². The van der Waals surface area contributed by atoms with Gasteiger partial charge >= 0.3 is 5.97 Å². The Morgan fingerprint density at radius 1 is 1.13 bits per heavy atom. The van der Waals surface area contributed by atoms with Crippen LogP contribution in [0, 0.1) is 18.6 Å². The summed E-state index contributed by atoms with van der Waals surface area (Å²) >= 11 is 9.57. The molecule has 3 aromatic rings. The standard InChI is InChI=1S/C28H29BrClF2N3O3/c1-16-24(19-14-18(29)7-10-22(19)34-27(16)35-12-4-2-3-5-13-35)28(38)33-15-17(6-11-23(36)37)25-20(31)8-9-21(32)26(25)30/h7-10,14,17H,2-6,11-13,15H2,1H3,(H,33,38)(H,36,37)/t17-/m1/s1. The highest BCUT2D eigenvalue weighted by atomic mass is 79.9. The predicted molar refractivity (Wildman–Crippen MR) is 148 cm³/mol. The van der Waals surface area contributed by atoms with Gasteiger partial charge in [-0.2, -0.15) is 0 Å². The molecule has 1 amide bonds. The lowest BCUT2D eigenvalue weighted by Crippen LogP contribution is -2.31.